The van der Waals surface area contributed by atoms with Gasteiger partial charge in [-0.3, -0.25) is 19.0 Å². The minimum atomic E-state index is -0.958. The van der Waals surface area contributed by atoms with Crippen LogP contribution in [0.15, 0.2) is 35.3 Å². The third-order valence-corrected chi connectivity index (χ3v) is 6.63. The largest absolute Gasteiger partial charge is 0.453 e. The number of allylic oxidation sites excluding steroid dienone is 1. The van der Waals surface area contributed by atoms with Crippen LogP contribution in [0.25, 0.3) is 11.2 Å². The van der Waals surface area contributed by atoms with E-state index in [2.05, 4.69) is 25.0 Å². The van der Waals surface area contributed by atoms with Crippen molar-refractivity contribution < 1.29 is 23.5 Å². The SMILES string of the molecule is COC(=O)N[C@@H](CC/C=C/C(=O)N(C)C)C(=O)Cc1ccc(Cl)n(Cc2nc3ncc(F)c(CC(C)C)c3[nH]2)c1=O. The van der Waals surface area contributed by atoms with Crippen molar-refractivity contribution in [3.05, 3.63) is 68.8 Å². The third-order valence-electron chi connectivity index (χ3n) is 6.30. The van der Waals surface area contributed by atoms with Gasteiger partial charge in [-0.1, -0.05) is 37.6 Å². The zero-order valence-electron chi connectivity index (χ0n) is 23.7. The van der Waals surface area contributed by atoms with Gasteiger partial charge in [0.1, 0.15) is 16.8 Å². The van der Waals surface area contributed by atoms with Gasteiger partial charge in [-0.25, -0.2) is 19.2 Å². The smallest absolute Gasteiger partial charge is 0.407 e. The maximum absolute atomic E-state index is 14.5. The molecule has 3 rings (SSSR count). The lowest BCUT2D eigenvalue weighted by atomic mass is 10.0. The number of methoxy groups -OCH3 is 1. The molecule has 1 atom stereocenters. The van der Waals surface area contributed by atoms with Gasteiger partial charge in [-0.15, -0.1) is 0 Å². The first-order chi connectivity index (χ1) is 19.4. The number of aromatic nitrogens is 4. The van der Waals surface area contributed by atoms with E-state index in [0.29, 0.717) is 35.4 Å². The summed E-state index contributed by atoms with van der Waals surface area (Å²) in [7, 11) is 4.41. The molecule has 3 aromatic rings. The normalized spacial score (nSPS) is 12.2. The van der Waals surface area contributed by atoms with Crippen molar-refractivity contribution in [2.75, 3.05) is 21.2 Å². The summed E-state index contributed by atoms with van der Waals surface area (Å²) in [6, 6.07) is 2.00. The first-order valence-corrected chi connectivity index (χ1v) is 13.4. The number of likely N-dealkylation sites (N-methyl/N-ethyl adjacent to an activating group) is 1. The molecule has 11 nitrogen and oxygen atoms in total. The molecule has 2 N–H and O–H groups in total. The fourth-order valence-electron chi connectivity index (χ4n) is 4.17. The second kappa shape index (κ2) is 14.0. The molecule has 41 heavy (non-hydrogen) atoms. The molecule has 0 aliphatic heterocycles. The number of amides is 2. The van der Waals surface area contributed by atoms with Crippen LogP contribution in [0.5, 0.6) is 0 Å². The number of imidazole rings is 1. The number of hydrogen-bond donors (Lipinski definition) is 2. The van der Waals surface area contributed by atoms with E-state index in [4.69, 9.17) is 11.6 Å². The van der Waals surface area contributed by atoms with E-state index in [0.717, 1.165) is 6.20 Å². The zero-order valence-corrected chi connectivity index (χ0v) is 24.4. The molecule has 0 aliphatic rings. The predicted molar refractivity (Wildman–Crippen MR) is 152 cm³/mol. The van der Waals surface area contributed by atoms with Crippen molar-refractivity contribution in [3.63, 3.8) is 0 Å². The monoisotopic (exact) mass is 588 g/mol. The van der Waals surface area contributed by atoms with Crippen LogP contribution in [-0.2, 0) is 33.7 Å². The second-order valence-electron chi connectivity index (χ2n) is 10.2. The molecule has 0 saturated heterocycles. The molecule has 0 saturated carbocycles. The van der Waals surface area contributed by atoms with E-state index in [1.807, 2.05) is 13.8 Å². The Bertz CT molecular complexity index is 1510. The fourth-order valence-corrected chi connectivity index (χ4v) is 4.37. The number of ether oxygens (including phenoxy) is 1. The lowest BCUT2D eigenvalue weighted by molar-refractivity contribution is -0.123. The van der Waals surface area contributed by atoms with Crippen LogP contribution in [0.3, 0.4) is 0 Å². The Morgan fingerprint density at radius 1 is 1.27 bits per heavy atom. The number of nitrogens with zero attached hydrogens (tertiary/aromatic N) is 4. The highest BCUT2D eigenvalue weighted by molar-refractivity contribution is 6.29. The molecule has 0 spiro atoms. The summed E-state index contributed by atoms with van der Waals surface area (Å²) in [6.45, 7) is 3.89. The van der Waals surface area contributed by atoms with Crippen molar-refractivity contribution >= 4 is 40.5 Å². The number of pyridine rings is 2. The van der Waals surface area contributed by atoms with Crippen molar-refractivity contribution in [2.24, 2.45) is 5.92 Å². The molecule has 3 aromatic heterocycles. The van der Waals surface area contributed by atoms with E-state index in [-0.39, 0.29) is 41.9 Å². The van der Waals surface area contributed by atoms with Crippen LogP contribution >= 0.6 is 11.6 Å². The quantitative estimate of drug-likeness (QED) is 0.244. The Morgan fingerprint density at radius 3 is 2.66 bits per heavy atom. The molecule has 0 fully saturated rings. The molecule has 220 valence electrons. The van der Waals surface area contributed by atoms with Crippen LogP contribution < -0.4 is 10.9 Å². The predicted octanol–water partition coefficient (Wildman–Crippen LogP) is 3.42. The molecular formula is C28H34ClFN6O5. The van der Waals surface area contributed by atoms with Crippen LogP contribution in [0.4, 0.5) is 9.18 Å². The highest BCUT2D eigenvalue weighted by atomic mass is 35.5. The second-order valence-corrected chi connectivity index (χ2v) is 10.6. The van der Waals surface area contributed by atoms with E-state index in [9.17, 15) is 23.6 Å². The van der Waals surface area contributed by atoms with Gasteiger partial charge in [0.05, 0.1) is 31.4 Å². The summed E-state index contributed by atoms with van der Waals surface area (Å²) in [5, 5.41) is 2.61. The Hall–Kier alpha value is -4.06. The molecule has 0 unspecified atom stereocenters. The zero-order chi connectivity index (χ0) is 30.3. The maximum Gasteiger partial charge on any atom is 0.407 e. The van der Waals surface area contributed by atoms with Crippen molar-refractivity contribution in [1.82, 2.24) is 29.7 Å². The molecule has 3 heterocycles. The van der Waals surface area contributed by atoms with Crippen molar-refractivity contribution in [3.8, 4) is 0 Å². The maximum atomic E-state index is 14.5. The van der Waals surface area contributed by atoms with Gasteiger partial charge in [-0.2, -0.15) is 0 Å². The van der Waals surface area contributed by atoms with Gasteiger partial charge in [-0.05, 0) is 37.3 Å². The number of rotatable bonds is 12. The highest BCUT2D eigenvalue weighted by Crippen LogP contribution is 2.22. The molecule has 2 amide bonds. The number of nitrogens with one attached hydrogen (secondary N) is 2. The number of fused-ring (bicyclic) bond motifs is 1. The lowest BCUT2D eigenvalue weighted by Crippen LogP contribution is -2.42. The molecule has 0 aromatic carbocycles. The number of aromatic amines is 1. The van der Waals surface area contributed by atoms with Crippen molar-refractivity contribution in [2.45, 2.75) is 52.1 Å². The molecule has 0 radical (unpaired) electrons. The lowest BCUT2D eigenvalue weighted by Gasteiger charge is -2.17. The summed E-state index contributed by atoms with van der Waals surface area (Å²) >= 11 is 6.34. The average molecular weight is 589 g/mol. The number of Topliss-reactive ketones (excluding diaryl/α,β-unsaturated/α-hetero) is 1. The Morgan fingerprint density at radius 2 is 2.00 bits per heavy atom. The van der Waals surface area contributed by atoms with Crippen LogP contribution in [-0.4, -0.2) is 69.4 Å². The summed E-state index contributed by atoms with van der Waals surface area (Å²) in [4.78, 5) is 63.1. The number of halogens is 2. The summed E-state index contributed by atoms with van der Waals surface area (Å²) in [5.74, 6) is -0.526. The Kier molecular flexibility index (Phi) is 10.8. The molecule has 0 bridgehead atoms. The standard InChI is InChI=1S/C28H34ClFN6O5/c1-16(2)12-18-19(30)14-31-26-25(18)33-23(34-26)15-36-22(29)11-10-17(27(36)39)13-21(37)20(32-28(40)41-5)8-6-7-9-24(38)35(3)4/h7,9-11,14,16,20H,6,8,12-13,15H2,1-5H3,(H,32,40)(H,31,33,34)/b9-7+/t20-/m0/s1. The van der Waals surface area contributed by atoms with Gasteiger partial charge in [0.2, 0.25) is 5.91 Å². The summed E-state index contributed by atoms with van der Waals surface area (Å²) < 4.78 is 20.4. The summed E-state index contributed by atoms with van der Waals surface area (Å²) in [5.41, 5.74) is 0.899. The van der Waals surface area contributed by atoms with Gasteiger partial charge >= 0.3 is 6.09 Å². The van der Waals surface area contributed by atoms with E-state index < -0.39 is 29.3 Å². The van der Waals surface area contributed by atoms with Crippen molar-refractivity contribution in [1.29, 1.82) is 0 Å². The van der Waals surface area contributed by atoms with Gasteiger partial charge in [0.25, 0.3) is 5.56 Å². The molecular weight excluding hydrogens is 555 g/mol. The number of carbonyl (C=O) groups is 3. The van der Waals surface area contributed by atoms with Gasteiger partial charge in [0, 0.05) is 31.6 Å². The molecule has 13 heteroatoms. The first kappa shape index (κ1) is 31.5. The number of alkyl carbamates (subject to hydrolysis) is 1. The average Bonchev–Trinajstić information content (AvgIpc) is 3.34. The van der Waals surface area contributed by atoms with Crippen LogP contribution in [0.1, 0.15) is 43.6 Å². The highest BCUT2D eigenvalue weighted by Gasteiger charge is 2.23. The number of H-pyrrole nitrogens is 1. The Labute approximate surface area is 241 Å². The summed E-state index contributed by atoms with van der Waals surface area (Å²) in [6.07, 6.45) is 4.03. The minimum absolute atomic E-state index is 0.0622. The topological polar surface area (TPSA) is 139 Å². The van der Waals surface area contributed by atoms with Gasteiger partial charge in [0.15, 0.2) is 11.4 Å². The molecule has 0 aliphatic carbocycles. The first-order valence-electron chi connectivity index (χ1n) is 13.1. The minimum Gasteiger partial charge on any atom is -0.453 e. The fraction of sp³-hybridized carbons (Fsp3) is 0.429. The van der Waals surface area contributed by atoms with Crippen LogP contribution in [0, 0.1) is 11.7 Å². The number of ketones is 1. The Balaban J connectivity index is 1.83. The van der Waals surface area contributed by atoms with Crippen LogP contribution in [0.2, 0.25) is 5.15 Å². The number of hydrogen-bond acceptors (Lipinski definition) is 7. The van der Waals surface area contributed by atoms with E-state index >= 15 is 0 Å². The van der Waals surface area contributed by atoms with E-state index in [1.165, 1.54) is 34.8 Å². The third kappa shape index (κ3) is 8.23. The number of carbonyl (C=O) groups excluding carboxylic acids is 3. The van der Waals surface area contributed by atoms with E-state index in [1.54, 1.807) is 20.2 Å². The van der Waals surface area contributed by atoms with Gasteiger partial charge < -0.3 is 19.9 Å².